The summed E-state index contributed by atoms with van der Waals surface area (Å²) in [6, 6.07) is 17.6. The molecule has 0 atom stereocenters. The third kappa shape index (κ3) is 3.26. The van der Waals surface area contributed by atoms with Crippen LogP contribution in [0.3, 0.4) is 0 Å². The van der Waals surface area contributed by atoms with Gasteiger partial charge in [0.1, 0.15) is 0 Å². The van der Waals surface area contributed by atoms with Crippen molar-refractivity contribution in [2.24, 2.45) is 0 Å². The SMILES string of the molecule is O=C(NCc1ccccc1)c1cn[nH]c1-c1cccc(Br)c1. The molecule has 0 saturated heterocycles. The maximum absolute atomic E-state index is 12.4. The minimum absolute atomic E-state index is 0.146. The summed E-state index contributed by atoms with van der Waals surface area (Å²) in [6.07, 6.45) is 1.55. The summed E-state index contributed by atoms with van der Waals surface area (Å²) in [5.74, 6) is -0.146. The largest absolute Gasteiger partial charge is 0.348 e. The highest BCUT2D eigenvalue weighted by Gasteiger charge is 2.15. The lowest BCUT2D eigenvalue weighted by atomic mass is 10.1. The average Bonchev–Trinajstić information content (AvgIpc) is 3.03. The normalized spacial score (nSPS) is 10.4. The molecule has 1 heterocycles. The number of H-pyrrole nitrogens is 1. The lowest BCUT2D eigenvalue weighted by Crippen LogP contribution is -2.22. The Morgan fingerprint density at radius 2 is 1.95 bits per heavy atom. The van der Waals surface area contributed by atoms with Crippen LogP contribution in [-0.4, -0.2) is 16.1 Å². The molecule has 3 rings (SSSR count). The van der Waals surface area contributed by atoms with E-state index < -0.39 is 0 Å². The minimum Gasteiger partial charge on any atom is -0.348 e. The molecule has 0 bridgehead atoms. The molecule has 0 saturated carbocycles. The minimum atomic E-state index is -0.146. The fourth-order valence-corrected chi connectivity index (χ4v) is 2.60. The standard InChI is InChI=1S/C17H14BrN3O/c18-14-8-4-7-13(9-14)16-15(11-20-21-16)17(22)19-10-12-5-2-1-3-6-12/h1-9,11H,10H2,(H,19,22)(H,20,21). The second-order valence-corrected chi connectivity index (χ2v) is 5.75. The first-order valence-electron chi connectivity index (χ1n) is 6.85. The van der Waals surface area contributed by atoms with Gasteiger partial charge < -0.3 is 5.32 Å². The summed E-state index contributed by atoms with van der Waals surface area (Å²) in [7, 11) is 0. The number of hydrogen-bond acceptors (Lipinski definition) is 2. The summed E-state index contributed by atoms with van der Waals surface area (Å²) in [5.41, 5.74) is 3.22. The Morgan fingerprint density at radius 1 is 1.14 bits per heavy atom. The van der Waals surface area contributed by atoms with Crippen molar-refractivity contribution in [3.05, 3.63) is 76.4 Å². The molecule has 0 aliphatic heterocycles. The van der Waals surface area contributed by atoms with Crippen LogP contribution in [0.15, 0.2) is 65.3 Å². The smallest absolute Gasteiger partial charge is 0.255 e. The maximum Gasteiger partial charge on any atom is 0.255 e. The van der Waals surface area contributed by atoms with E-state index in [2.05, 4.69) is 31.4 Å². The van der Waals surface area contributed by atoms with Crippen molar-refractivity contribution in [3.8, 4) is 11.3 Å². The zero-order chi connectivity index (χ0) is 15.4. The number of amides is 1. The summed E-state index contributed by atoms with van der Waals surface area (Å²) in [5, 5.41) is 9.82. The third-order valence-electron chi connectivity index (χ3n) is 3.29. The number of hydrogen-bond donors (Lipinski definition) is 2. The van der Waals surface area contributed by atoms with Gasteiger partial charge in [-0.05, 0) is 17.7 Å². The van der Waals surface area contributed by atoms with E-state index in [-0.39, 0.29) is 5.91 Å². The third-order valence-corrected chi connectivity index (χ3v) is 3.79. The van der Waals surface area contributed by atoms with Crippen molar-refractivity contribution in [1.82, 2.24) is 15.5 Å². The van der Waals surface area contributed by atoms with E-state index in [1.807, 2.05) is 54.6 Å². The highest BCUT2D eigenvalue weighted by Crippen LogP contribution is 2.24. The second kappa shape index (κ2) is 6.58. The number of halogens is 1. The predicted molar refractivity (Wildman–Crippen MR) is 89.3 cm³/mol. The quantitative estimate of drug-likeness (QED) is 0.748. The molecule has 1 aromatic heterocycles. The van der Waals surface area contributed by atoms with Gasteiger partial charge in [0, 0.05) is 16.6 Å². The summed E-state index contributed by atoms with van der Waals surface area (Å²) < 4.78 is 0.954. The van der Waals surface area contributed by atoms with Crippen LogP contribution in [0.2, 0.25) is 0 Å². The highest BCUT2D eigenvalue weighted by atomic mass is 79.9. The predicted octanol–water partition coefficient (Wildman–Crippen LogP) is 3.77. The van der Waals surface area contributed by atoms with Gasteiger partial charge in [-0.2, -0.15) is 5.10 Å². The second-order valence-electron chi connectivity index (χ2n) is 4.84. The molecule has 4 nitrogen and oxygen atoms in total. The zero-order valence-corrected chi connectivity index (χ0v) is 13.3. The van der Waals surface area contributed by atoms with Crippen LogP contribution < -0.4 is 5.32 Å². The van der Waals surface area contributed by atoms with E-state index >= 15 is 0 Å². The topological polar surface area (TPSA) is 57.8 Å². The van der Waals surface area contributed by atoms with Gasteiger partial charge in [0.25, 0.3) is 5.91 Å². The zero-order valence-electron chi connectivity index (χ0n) is 11.7. The Morgan fingerprint density at radius 3 is 2.73 bits per heavy atom. The first-order valence-corrected chi connectivity index (χ1v) is 7.65. The Hall–Kier alpha value is -2.40. The number of nitrogens with one attached hydrogen (secondary N) is 2. The van der Waals surface area contributed by atoms with E-state index in [1.54, 1.807) is 6.20 Å². The molecule has 1 amide bonds. The average molecular weight is 356 g/mol. The van der Waals surface area contributed by atoms with Crippen LogP contribution in [0.25, 0.3) is 11.3 Å². The maximum atomic E-state index is 12.4. The van der Waals surface area contributed by atoms with Crippen molar-refractivity contribution in [2.75, 3.05) is 0 Å². The summed E-state index contributed by atoms with van der Waals surface area (Å²) >= 11 is 3.44. The van der Waals surface area contributed by atoms with Gasteiger partial charge in [0.15, 0.2) is 0 Å². The first-order chi connectivity index (χ1) is 10.7. The molecule has 22 heavy (non-hydrogen) atoms. The Labute approximate surface area is 136 Å². The van der Waals surface area contributed by atoms with E-state index in [9.17, 15) is 4.79 Å². The van der Waals surface area contributed by atoms with Crippen molar-refractivity contribution < 1.29 is 4.79 Å². The number of carbonyl (C=O) groups excluding carboxylic acids is 1. The van der Waals surface area contributed by atoms with Crippen molar-refractivity contribution in [3.63, 3.8) is 0 Å². The van der Waals surface area contributed by atoms with Crippen molar-refractivity contribution in [2.45, 2.75) is 6.54 Å². The van der Waals surface area contributed by atoms with Gasteiger partial charge in [0.2, 0.25) is 0 Å². The van der Waals surface area contributed by atoms with Crippen molar-refractivity contribution >= 4 is 21.8 Å². The molecule has 0 aliphatic rings. The van der Waals surface area contributed by atoms with E-state index in [4.69, 9.17) is 0 Å². The molecule has 110 valence electrons. The fourth-order valence-electron chi connectivity index (χ4n) is 2.20. The van der Waals surface area contributed by atoms with Crippen LogP contribution in [0.5, 0.6) is 0 Å². The molecule has 0 unspecified atom stereocenters. The molecule has 0 aliphatic carbocycles. The van der Waals surface area contributed by atoms with Crippen LogP contribution in [0, 0.1) is 0 Å². The van der Waals surface area contributed by atoms with Gasteiger partial charge in [-0.1, -0.05) is 58.4 Å². The molecule has 3 aromatic rings. The fraction of sp³-hybridized carbons (Fsp3) is 0.0588. The molecule has 5 heteroatoms. The lowest BCUT2D eigenvalue weighted by molar-refractivity contribution is 0.0951. The van der Waals surface area contributed by atoms with E-state index in [0.717, 1.165) is 15.6 Å². The summed E-state index contributed by atoms with van der Waals surface area (Å²) in [6.45, 7) is 0.489. The highest BCUT2D eigenvalue weighted by molar-refractivity contribution is 9.10. The molecule has 0 radical (unpaired) electrons. The number of rotatable bonds is 4. The number of aromatic nitrogens is 2. The van der Waals surface area contributed by atoms with Crippen LogP contribution >= 0.6 is 15.9 Å². The Bertz CT molecular complexity index is 783. The van der Waals surface area contributed by atoms with Gasteiger partial charge in [0.05, 0.1) is 17.5 Å². The van der Waals surface area contributed by atoms with Gasteiger partial charge in [-0.25, -0.2) is 0 Å². The van der Waals surface area contributed by atoms with Crippen molar-refractivity contribution in [1.29, 1.82) is 0 Å². The van der Waals surface area contributed by atoms with Gasteiger partial charge >= 0.3 is 0 Å². The van der Waals surface area contributed by atoms with Gasteiger partial charge in [-0.15, -0.1) is 0 Å². The molecule has 2 aromatic carbocycles. The number of carbonyl (C=O) groups is 1. The number of nitrogens with zero attached hydrogens (tertiary/aromatic N) is 1. The van der Waals surface area contributed by atoms with Crippen LogP contribution in [0.4, 0.5) is 0 Å². The monoisotopic (exact) mass is 355 g/mol. The molecule has 0 fully saturated rings. The molecule has 2 N–H and O–H groups in total. The molecule has 0 spiro atoms. The Kier molecular flexibility index (Phi) is 4.34. The summed E-state index contributed by atoms with van der Waals surface area (Å²) in [4.78, 5) is 12.4. The number of aromatic amines is 1. The van der Waals surface area contributed by atoms with Gasteiger partial charge in [-0.3, -0.25) is 9.89 Å². The first kappa shape index (κ1) is 14.5. The van der Waals surface area contributed by atoms with E-state index in [1.165, 1.54) is 0 Å². The van der Waals surface area contributed by atoms with Crippen LogP contribution in [0.1, 0.15) is 15.9 Å². The molecular formula is C17H14BrN3O. The van der Waals surface area contributed by atoms with Crippen LogP contribution in [-0.2, 0) is 6.54 Å². The molecular weight excluding hydrogens is 342 g/mol. The number of benzene rings is 2. The van der Waals surface area contributed by atoms with E-state index in [0.29, 0.717) is 17.8 Å². The lowest BCUT2D eigenvalue weighted by Gasteiger charge is -2.06. The Balaban J connectivity index is 1.78.